The van der Waals surface area contributed by atoms with Crippen molar-refractivity contribution < 1.29 is 5.11 Å². The van der Waals surface area contributed by atoms with Crippen molar-refractivity contribution in [1.82, 2.24) is 19.6 Å². The maximum Gasteiger partial charge on any atom is 0.0763 e. The van der Waals surface area contributed by atoms with Crippen molar-refractivity contribution in [2.24, 2.45) is 0 Å². The quantitative estimate of drug-likeness (QED) is 0.839. The van der Waals surface area contributed by atoms with Gasteiger partial charge in [0, 0.05) is 57.4 Å². The fraction of sp³-hybridized carbons (Fsp3) is 0.786. The Kier molecular flexibility index (Phi) is 3.60. The molecule has 1 aromatic heterocycles. The monoisotopic (exact) mass is 264 g/mol. The Balaban J connectivity index is 1.69. The highest BCUT2D eigenvalue weighted by Crippen LogP contribution is 2.20. The Morgan fingerprint density at radius 1 is 1.37 bits per heavy atom. The van der Waals surface area contributed by atoms with E-state index in [2.05, 4.69) is 27.9 Å². The van der Waals surface area contributed by atoms with Crippen LogP contribution in [0, 0.1) is 6.92 Å². The van der Waals surface area contributed by atoms with Gasteiger partial charge in [0.15, 0.2) is 0 Å². The lowest BCUT2D eigenvalue weighted by molar-refractivity contribution is -0.0458. The molecule has 106 valence electrons. The predicted molar refractivity (Wildman–Crippen MR) is 74.1 cm³/mol. The number of nitrogens with zero attached hydrogens (tertiary/aromatic N) is 4. The summed E-state index contributed by atoms with van der Waals surface area (Å²) >= 11 is 0. The Hall–Kier alpha value is -0.910. The van der Waals surface area contributed by atoms with E-state index in [0.29, 0.717) is 12.5 Å². The maximum atomic E-state index is 10.6. The Morgan fingerprint density at radius 3 is 2.68 bits per heavy atom. The first-order valence-electron chi connectivity index (χ1n) is 7.35. The van der Waals surface area contributed by atoms with Crippen LogP contribution in [0.5, 0.6) is 0 Å². The second-order valence-electron chi connectivity index (χ2n) is 5.77. The third kappa shape index (κ3) is 2.55. The van der Waals surface area contributed by atoms with Crippen LogP contribution in [0.3, 0.4) is 0 Å². The van der Waals surface area contributed by atoms with Gasteiger partial charge in [0.1, 0.15) is 0 Å². The molecule has 4 rings (SSSR count). The average molecular weight is 264 g/mol. The van der Waals surface area contributed by atoms with Gasteiger partial charge in [0.05, 0.1) is 11.8 Å². The first-order chi connectivity index (χ1) is 9.17. The van der Waals surface area contributed by atoms with E-state index in [1.807, 2.05) is 11.6 Å². The molecule has 3 fully saturated rings. The molecule has 5 nitrogen and oxygen atoms in total. The number of aliphatic hydroxyl groups excluding tert-OH is 1. The number of fused-ring (bicyclic) bond motifs is 3. The summed E-state index contributed by atoms with van der Waals surface area (Å²) in [5, 5.41) is 15.0. The highest BCUT2D eigenvalue weighted by molar-refractivity contribution is 5.11. The fourth-order valence-electron chi connectivity index (χ4n) is 3.41. The first-order valence-corrected chi connectivity index (χ1v) is 7.35. The van der Waals surface area contributed by atoms with Gasteiger partial charge >= 0.3 is 0 Å². The molecule has 0 aliphatic carbocycles. The smallest absolute Gasteiger partial charge is 0.0763 e. The van der Waals surface area contributed by atoms with Crippen LogP contribution in [0.2, 0.25) is 0 Å². The van der Waals surface area contributed by atoms with Gasteiger partial charge in [-0.25, -0.2) is 0 Å². The van der Waals surface area contributed by atoms with Crippen molar-refractivity contribution in [1.29, 1.82) is 0 Å². The van der Waals surface area contributed by atoms with E-state index in [1.165, 1.54) is 0 Å². The minimum absolute atomic E-state index is 0.288. The van der Waals surface area contributed by atoms with Crippen LogP contribution in [0.15, 0.2) is 6.07 Å². The zero-order valence-electron chi connectivity index (χ0n) is 11.9. The summed E-state index contributed by atoms with van der Waals surface area (Å²) in [4.78, 5) is 4.92. The van der Waals surface area contributed by atoms with E-state index in [9.17, 15) is 5.11 Å². The standard InChI is InChI=1S/C14H24N4O/c1-3-18-12(8-11(2)15-18)9-14(19)13-10-16-4-6-17(13)7-5-16/h8,13-14,19H,3-7,9-10H2,1-2H3. The van der Waals surface area contributed by atoms with E-state index in [4.69, 9.17) is 0 Å². The molecule has 19 heavy (non-hydrogen) atoms. The van der Waals surface area contributed by atoms with Crippen LogP contribution in [-0.4, -0.2) is 69.6 Å². The number of piperazine rings is 3. The van der Waals surface area contributed by atoms with E-state index >= 15 is 0 Å². The van der Waals surface area contributed by atoms with Crippen LogP contribution in [0.25, 0.3) is 0 Å². The SMILES string of the molecule is CCn1nc(C)cc1CC(O)C1CN2CCN1CC2. The minimum atomic E-state index is -0.288. The number of rotatable bonds is 4. The molecule has 2 bridgehead atoms. The molecule has 0 amide bonds. The largest absolute Gasteiger partial charge is 0.391 e. The summed E-state index contributed by atoms with van der Waals surface area (Å²) < 4.78 is 2.01. The molecule has 3 aliphatic heterocycles. The zero-order valence-corrected chi connectivity index (χ0v) is 11.9. The number of hydrogen-bond donors (Lipinski definition) is 1. The lowest BCUT2D eigenvalue weighted by atomic mass is 9.99. The third-order valence-electron chi connectivity index (χ3n) is 4.47. The van der Waals surface area contributed by atoms with Crippen molar-refractivity contribution in [3.05, 3.63) is 17.5 Å². The Bertz CT molecular complexity index is 437. The van der Waals surface area contributed by atoms with E-state index in [0.717, 1.165) is 50.7 Å². The van der Waals surface area contributed by atoms with Gasteiger partial charge in [-0.15, -0.1) is 0 Å². The van der Waals surface area contributed by atoms with Crippen molar-refractivity contribution in [2.45, 2.75) is 39.0 Å². The third-order valence-corrected chi connectivity index (χ3v) is 4.47. The molecular formula is C14H24N4O. The number of aliphatic hydroxyl groups is 1. The van der Waals surface area contributed by atoms with Crippen LogP contribution in [0.4, 0.5) is 0 Å². The first kappa shape index (κ1) is 13.1. The predicted octanol–water partition coefficient (Wildman–Crippen LogP) is 0.115. The Labute approximate surface area is 114 Å². The molecule has 1 aromatic rings. The van der Waals surface area contributed by atoms with E-state index in [1.54, 1.807) is 0 Å². The summed E-state index contributed by atoms with van der Waals surface area (Å²) in [6.07, 6.45) is 0.424. The molecular weight excluding hydrogens is 240 g/mol. The molecule has 4 heterocycles. The molecule has 3 aliphatic rings. The molecule has 0 aromatic carbocycles. The van der Waals surface area contributed by atoms with Crippen LogP contribution in [-0.2, 0) is 13.0 Å². The summed E-state index contributed by atoms with van der Waals surface area (Å²) in [6, 6.07) is 2.40. The molecule has 0 spiro atoms. The fourth-order valence-corrected chi connectivity index (χ4v) is 3.41. The minimum Gasteiger partial charge on any atom is -0.391 e. The van der Waals surface area contributed by atoms with Crippen molar-refractivity contribution in [3.8, 4) is 0 Å². The number of hydrogen-bond acceptors (Lipinski definition) is 4. The lowest BCUT2D eigenvalue weighted by Gasteiger charge is -2.49. The molecule has 2 atom stereocenters. The highest BCUT2D eigenvalue weighted by Gasteiger charge is 2.36. The highest BCUT2D eigenvalue weighted by atomic mass is 16.3. The summed E-state index contributed by atoms with van der Waals surface area (Å²) in [7, 11) is 0. The second-order valence-corrected chi connectivity index (χ2v) is 5.77. The molecule has 0 radical (unpaired) electrons. The number of aryl methyl sites for hydroxylation is 2. The van der Waals surface area contributed by atoms with Gasteiger partial charge < -0.3 is 5.11 Å². The van der Waals surface area contributed by atoms with Crippen LogP contribution < -0.4 is 0 Å². The Morgan fingerprint density at radius 2 is 2.11 bits per heavy atom. The average Bonchev–Trinajstić information content (AvgIpc) is 2.80. The normalized spacial score (nSPS) is 31.6. The van der Waals surface area contributed by atoms with E-state index in [-0.39, 0.29) is 6.10 Å². The van der Waals surface area contributed by atoms with Crippen molar-refractivity contribution in [3.63, 3.8) is 0 Å². The van der Waals surface area contributed by atoms with Crippen molar-refractivity contribution >= 4 is 0 Å². The summed E-state index contributed by atoms with van der Waals surface area (Å²) in [6.45, 7) is 10.5. The zero-order chi connectivity index (χ0) is 13.4. The van der Waals surface area contributed by atoms with Crippen molar-refractivity contribution in [2.75, 3.05) is 32.7 Å². The van der Waals surface area contributed by atoms with Gasteiger partial charge in [0.25, 0.3) is 0 Å². The maximum absolute atomic E-state index is 10.6. The molecule has 2 unspecified atom stereocenters. The molecule has 1 N–H and O–H groups in total. The van der Waals surface area contributed by atoms with Gasteiger partial charge in [-0.05, 0) is 19.9 Å². The molecule has 3 saturated heterocycles. The van der Waals surface area contributed by atoms with Gasteiger partial charge in [-0.2, -0.15) is 5.10 Å². The van der Waals surface area contributed by atoms with Gasteiger partial charge in [-0.3, -0.25) is 14.5 Å². The summed E-state index contributed by atoms with van der Waals surface area (Å²) in [5.74, 6) is 0. The molecule has 5 heteroatoms. The number of aromatic nitrogens is 2. The van der Waals surface area contributed by atoms with Crippen LogP contribution >= 0.6 is 0 Å². The topological polar surface area (TPSA) is 44.5 Å². The van der Waals surface area contributed by atoms with E-state index < -0.39 is 0 Å². The summed E-state index contributed by atoms with van der Waals surface area (Å²) in [5.41, 5.74) is 2.20. The molecule has 0 saturated carbocycles. The van der Waals surface area contributed by atoms with Gasteiger partial charge in [0.2, 0.25) is 0 Å². The second kappa shape index (κ2) is 5.23. The van der Waals surface area contributed by atoms with Gasteiger partial charge in [-0.1, -0.05) is 0 Å². The van der Waals surface area contributed by atoms with Crippen LogP contribution in [0.1, 0.15) is 18.3 Å². The lowest BCUT2D eigenvalue weighted by Crippen LogP contribution is -2.64.